The molecule has 0 aromatic heterocycles. The summed E-state index contributed by atoms with van der Waals surface area (Å²) in [6.45, 7) is 3.93. The molecule has 2 aromatic rings. The van der Waals surface area contributed by atoms with Gasteiger partial charge in [-0.1, -0.05) is 12.1 Å². The molecule has 0 heterocycles. The predicted molar refractivity (Wildman–Crippen MR) is 98.9 cm³/mol. The van der Waals surface area contributed by atoms with Crippen LogP contribution in [-0.4, -0.2) is 17.5 Å². The van der Waals surface area contributed by atoms with Gasteiger partial charge in [-0.25, -0.2) is 0 Å². The van der Waals surface area contributed by atoms with Crippen molar-refractivity contribution in [3.63, 3.8) is 0 Å². The molecule has 0 atom stereocenters. The first-order valence-electron chi connectivity index (χ1n) is 7.47. The molecule has 1 amide bonds. The lowest BCUT2D eigenvalue weighted by atomic mass is 10.1. The van der Waals surface area contributed by atoms with Gasteiger partial charge < -0.3 is 11.1 Å². The van der Waals surface area contributed by atoms with Crippen LogP contribution in [0.4, 0.5) is 11.4 Å². The number of nitrogens with two attached hydrogens (primary N) is 1. The lowest BCUT2D eigenvalue weighted by Gasteiger charge is -2.09. The molecule has 0 fully saturated rings. The second kappa shape index (κ2) is 7.75. The van der Waals surface area contributed by atoms with Crippen molar-refractivity contribution in [3.8, 4) is 6.07 Å². The fraction of sp³-hybridized carbons (Fsp3) is 0.111. The van der Waals surface area contributed by atoms with E-state index < -0.39 is 5.84 Å². The molecule has 2 rings (SSSR count). The smallest absolute Gasteiger partial charge is 0.255 e. The molecule has 0 bridgehead atoms. The number of nitrogens with one attached hydrogen (secondary N) is 3. The summed E-state index contributed by atoms with van der Waals surface area (Å²) < 4.78 is 0. The summed E-state index contributed by atoms with van der Waals surface area (Å²) in [5.41, 5.74) is 11.4. The second-order valence-electron chi connectivity index (χ2n) is 5.51. The Morgan fingerprint density at radius 2 is 1.84 bits per heavy atom. The molecule has 126 valence electrons. The third kappa shape index (κ3) is 4.91. The quantitative estimate of drug-likeness (QED) is 0.381. The Hall–Kier alpha value is -3.66. The number of hydrogen-bond acceptors (Lipinski definition) is 5. The first kappa shape index (κ1) is 17.7. The molecule has 25 heavy (non-hydrogen) atoms. The SMILES string of the molecule is Cc1cc(C)cc(NC(=O)c2cccc(N/N=C(\C#N)C(=N)N)c2)c1. The summed E-state index contributed by atoms with van der Waals surface area (Å²) in [5, 5.41) is 22.6. The fourth-order valence-electron chi connectivity index (χ4n) is 2.25. The zero-order valence-corrected chi connectivity index (χ0v) is 13.9. The predicted octanol–water partition coefficient (Wildman–Crippen LogP) is 2.78. The number of rotatable bonds is 5. The number of hydrogen-bond donors (Lipinski definition) is 4. The highest BCUT2D eigenvalue weighted by Crippen LogP contribution is 2.16. The van der Waals surface area contributed by atoms with Gasteiger partial charge in [-0.15, -0.1) is 0 Å². The summed E-state index contributed by atoms with van der Waals surface area (Å²) >= 11 is 0. The minimum Gasteiger partial charge on any atom is -0.382 e. The fourth-order valence-corrected chi connectivity index (χ4v) is 2.25. The Morgan fingerprint density at radius 1 is 1.16 bits per heavy atom. The van der Waals surface area contributed by atoms with Gasteiger partial charge in [0.1, 0.15) is 6.07 Å². The van der Waals surface area contributed by atoms with E-state index in [2.05, 4.69) is 15.8 Å². The number of nitrogens with zero attached hydrogens (tertiary/aromatic N) is 2. The van der Waals surface area contributed by atoms with Gasteiger partial charge in [-0.3, -0.25) is 15.6 Å². The maximum Gasteiger partial charge on any atom is 0.255 e. The minimum absolute atomic E-state index is 0.231. The number of amides is 1. The lowest BCUT2D eigenvalue weighted by Crippen LogP contribution is -2.21. The Kier molecular flexibility index (Phi) is 5.48. The van der Waals surface area contributed by atoms with Crippen molar-refractivity contribution in [1.29, 1.82) is 10.7 Å². The van der Waals surface area contributed by atoms with Crippen LogP contribution in [0.2, 0.25) is 0 Å². The highest BCUT2D eigenvalue weighted by atomic mass is 16.1. The molecule has 0 aliphatic carbocycles. The zero-order valence-electron chi connectivity index (χ0n) is 13.9. The second-order valence-corrected chi connectivity index (χ2v) is 5.51. The van der Waals surface area contributed by atoms with Crippen LogP contribution < -0.4 is 16.5 Å². The Balaban J connectivity index is 2.16. The van der Waals surface area contributed by atoms with Gasteiger partial charge in [0.25, 0.3) is 5.91 Å². The number of anilines is 2. The van der Waals surface area contributed by atoms with Crippen molar-refractivity contribution in [1.82, 2.24) is 0 Å². The van der Waals surface area contributed by atoms with E-state index in [-0.39, 0.29) is 11.6 Å². The third-order valence-corrected chi connectivity index (χ3v) is 3.26. The number of carbonyl (C=O) groups is 1. The minimum atomic E-state index is -0.432. The largest absolute Gasteiger partial charge is 0.382 e. The number of nitriles is 1. The molecule has 0 saturated heterocycles. The van der Waals surface area contributed by atoms with Crippen LogP contribution in [0.1, 0.15) is 21.5 Å². The zero-order chi connectivity index (χ0) is 18.4. The molecule has 0 spiro atoms. The normalized spacial score (nSPS) is 10.7. The Bertz CT molecular complexity index is 874. The van der Waals surface area contributed by atoms with Crippen LogP contribution in [-0.2, 0) is 0 Å². The van der Waals surface area contributed by atoms with Gasteiger partial charge in [0.15, 0.2) is 5.84 Å². The van der Waals surface area contributed by atoms with E-state index in [1.54, 1.807) is 30.3 Å². The van der Waals surface area contributed by atoms with Crippen molar-refractivity contribution in [3.05, 3.63) is 59.2 Å². The number of amidine groups is 1. The van der Waals surface area contributed by atoms with Gasteiger partial charge >= 0.3 is 0 Å². The van der Waals surface area contributed by atoms with E-state index in [9.17, 15) is 4.79 Å². The molecular weight excluding hydrogens is 316 g/mol. The lowest BCUT2D eigenvalue weighted by molar-refractivity contribution is 0.102. The van der Waals surface area contributed by atoms with Crippen molar-refractivity contribution >= 4 is 28.8 Å². The average molecular weight is 334 g/mol. The summed E-state index contributed by atoms with van der Waals surface area (Å²) in [6, 6.07) is 14.2. The first-order valence-corrected chi connectivity index (χ1v) is 7.47. The third-order valence-electron chi connectivity index (χ3n) is 3.26. The number of carbonyl (C=O) groups excluding carboxylic acids is 1. The molecule has 0 aliphatic heterocycles. The van der Waals surface area contributed by atoms with E-state index >= 15 is 0 Å². The van der Waals surface area contributed by atoms with Crippen molar-refractivity contribution < 1.29 is 4.79 Å². The van der Waals surface area contributed by atoms with Gasteiger partial charge in [0.2, 0.25) is 5.71 Å². The molecule has 0 unspecified atom stereocenters. The van der Waals surface area contributed by atoms with Crippen LogP contribution in [0.5, 0.6) is 0 Å². The summed E-state index contributed by atoms with van der Waals surface area (Å²) in [6.07, 6.45) is 0. The van der Waals surface area contributed by atoms with E-state index in [4.69, 9.17) is 16.4 Å². The van der Waals surface area contributed by atoms with Crippen LogP contribution in [0.3, 0.4) is 0 Å². The first-order chi connectivity index (χ1) is 11.9. The van der Waals surface area contributed by atoms with Crippen molar-refractivity contribution in [2.45, 2.75) is 13.8 Å². The number of hydrazone groups is 1. The van der Waals surface area contributed by atoms with Gasteiger partial charge in [-0.05, 0) is 55.3 Å². The molecular formula is C18H18N6O. The van der Waals surface area contributed by atoms with E-state index in [1.165, 1.54) is 0 Å². The summed E-state index contributed by atoms with van der Waals surface area (Å²) in [4.78, 5) is 12.4. The maximum absolute atomic E-state index is 12.4. The Morgan fingerprint density at radius 3 is 2.44 bits per heavy atom. The summed E-state index contributed by atoms with van der Waals surface area (Å²) in [5.74, 6) is -0.691. The molecule has 2 aromatic carbocycles. The van der Waals surface area contributed by atoms with Gasteiger partial charge in [-0.2, -0.15) is 10.4 Å². The van der Waals surface area contributed by atoms with E-state index in [0.29, 0.717) is 11.3 Å². The highest BCUT2D eigenvalue weighted by molar-refractivity contribution is 6.45. The van der Waals surface area contributed by atoms with Gasteiger partial charge in [0.05, 0.1) is 5.69 Å². The Labute approximate surface area is 145 Å². The monoisotopic (exact) mass is 334 g/mol. The average Bonchev–Trinajstić information content (AvgIpc) is 2.54. The molecule has 7 heteroatoms. The number of aryl methyl sites for hydroxylation is 2. The topological polar surface area (TPSA) is 127 Å². The number of benzene rings is 2. The summed E-state index contributed by atoms with van der Waals surface area (Å²) in [7, 11) is 0. The van der Waals surface area contributed by atoms with E-state index in [1.807, 2.05) is 32.0 Å². The van der Waals surface area contributed by atoms with Crippen LogP contribution in [0.25, 0.3) is 0 Å². The van der Waals surface area contributed by atoms with Crippen LogP contribution in [0.15, 0.2) is 47.6 Å². The standard InChI is InChI=1S/C18H18N6O/c1-11-6-12(2)8-15(7-11)22-18(25)13-4-3-5-14(9-13)23-24-16(10-19)17(20)21/h3-9,23H,1-2H3,(H3,20,21)(H,22,25)/b24-16+. The molecule has 0 aliphatic rings. The van der Waals surface area contributed by atoms with E-state index in [0.717, 1.165) is 16.8 Å². The molecule has 7 nitrogen and oxygen atoms in total. The van der Waals surface area contributed by atoms with Crippen molar-refractivity contribution in [2.24, 2.45) is 10.8 Å². The van der Waals surface area contributed by atoms with Crippen LogP contribution >= 0.6 is 0 Å². The molecule has 0 saturated carbocycles. The van der Waals surface area contributed by atoms with Crippen LogP contribution in [0, 0.1) is 30.6 Å². The maximum atomic E-state index is 12.4. The van der Waals surface area contributed by atoms with Crippen molar-refractivity contribution in [2.75, 3.05) is 10.7 Å². The molecule has 5 N–H and O–H groups in total. The van der Waals surface area contributed by atoms with Gasteiger partial charge in [0, 0.05) is 11.3 Å². The highest BCUT2D eigenvalue weighted by Gasteiger charge is 2.08. The molecule has 0 radical (unpaired) electrons.